The van der Waals surface area contributed by atoms with E-state index < -0.39 is 23.1 Å². The summed E-state index contributed by atoms with van der Waals surface area (Å²) in [5.74, 6) is -3.88. The molecule has 0 saturated carbocycles. The zero-order chi connectivity index (χ0) is 12.3. The Hall–Kier alpha value is -1.07. The Kier molecular flexibility index (Phi) is 3.93. The molecule has 0 atom stereocenters. The van der Waals surface area contributed by atoms with E-state index in [1.165, 1.54) is 0 Å². The largest absolute Gasteiger partial charge is 0.389 e. The van der Waals surface area contributed by atoms with Gasteiger partial charge in [0, 0.05) is 13.1 Å². The van der Waals surface area contributed by atoms with Crippen molar-refractivity contribution in [2.75, 3.05) is 6.54 Å². The quantitative estimate of drug-likeness (QED) is 0.779. The molecule has 0 aromatic heterocycles. The maximum absolute atomic E-state index is 12.8. The van der Waals surface area contributed by atoms with E-state index in [-0.39, 0.29) is 13.1 Å². The second-order valence-electron chi connectivity index (χ2n) is 4.29. The molecule has 1 rings (SSSR count). The number of aliphatic hydroxyl groups is 1. The maximum Gasteiger partial charge on any atom is 0.194 e. The fourth-order valence-electron chi connectivity index (χ4n) is 1.22. The minimum Gasteiger partial charge on any atom is -0.389 e. The first kappa shape index (κ1) is 13.0. The predicted molar refractivity (Wildman–Crippen MR) is 54.3 cm³/mol. The van der Waals surface area contributed by atoms with Gasteiger partial charge in [0.2, 0.25) is 0 Å². The van der Waals surface area contributed by atoms with Crippen LogP contribution in [0.15, 0.2) is 12.1 Å². The van der Waals surface area contributed by atoms with E-state index in [1.807, 2.05) is 0 Å². The van der Waals surface area contributed by atoms with Crippen LogP contribution in [-0.2, 0) is 6.54 Å². The summed E-state index contributed by atoms with van der Waals surface area (Å²) < 4.78 is 38.2. The molecular formula is C11H14F3NO. The van der Waals surface area contributed by atoms with Crippen LogP contribution in [0.2, 0.25) is 0 Å². The highest BCUT2D eigenvalue weighted by Gasteiger charge is 2.13. The fourth-order valence-corrected chi connectivity index (χ4v) is 1.22. The minimum atomic E-state index is -1.47. The van der Waals surface area contributed by atoms with Crippen molar-refractivity contribution >= 4 is 0 Å². The first-order valence-corrected chi connectivity index (χ1v) is 4.86. The molecule has 0 unspecified atom stereocenters. The molecule has 0 bridgehead atoms. The van der Waals surface area contributed by atoms with E-state index >= 15 is 0 Å². The Bertz CT molecular complexity index is 351. The third-order valence-electron chi connectivity index (χ3n) is 1.93. The summed E-state index contributed by atoms with van der Waals surface area (Å²) in [6.07, 6.45) is 0. The monoisotopic (exact) mass is 233 g/mol. The summed E-state index contributed by atoms with van der Waals surface area (Å²) in [4.78, 5) is 0. The molecule has 0 saturated heterocycles. The van der Waals surface area contributed by atoms with Crippen molar-refractivity contribution in [3.05, 3.63) is 35.1 Å². The Morgan fingerprint density at radius 3 is 2.12 bits per heavy atom. The second-order valence-corrected chi connectivity index (χ2v) is 4.29. The maximum atomic E-state index is 12.8. The molecule has 0 amide bonds. The van der Waals surface area contributed by atoms with Crippen LogP contribution in [0.4, 0.5) is 13.2 Å². The van der Waals surface area contributed by atoms with E-state index in [4.69, 9.17) is 0 Å². The van der Waals surface area contributed by atoms with E-state index in [9.17, 15) is 18.3 Å². The van der Waals surface area contributed by atoms with Gasteiger partial charge in [-0.3, -0.25) is 0 Å². The first-order chi connectivity index (χ1) is 7.29. The van der Waals surface area contributed by atoms with Crippen LogP contribution >= 0.6 is 0 Å². The summed E-state index contributed by atoms with van der Waals surface area (Å²) in [6, 6.07) is 1.85. The van der Waals surface area contributed by atoms with Crippen molar-refractivity contribution in [3.63, 3.8) is 0 Å². The molecule has 0 aliphatic rings. The van der Waals surface area contributed by atoms with Crippen LogP contribution in [0.3, 0.4) is 0 Å². The normalized spacial score (nSPS) is 11.9. The lowest BCUT2D eigenvalue weighted by Crippen LogP contribution is -2.34. The Balaban J connectivity index is 2.62. The zero-order valence-corrected chi connectivity index (χ0v) is 9.15. The lowest BCUT2D eigenvalue weighted by atomic mass is 10.1. The smallest absolute Gasteiger partial charge is 0.194 e. The molecular weight excluding hydrogens is 219 g/mol. The average Bonchev–Trinajstić information content (AvgIpc) is 2.12. The third-order valence-corrected chi connectivity index (χ3v) is 1.93. The van der Waals surface area contributed by atoms with Gasteiger partial charge >= 0.3 is 0 Å². The van der Waals surface area contributed by atoms with Gasteiger partial charge in [0.1, 0.15) is 0 Å². The summed E-state index contributed by atoms with van der Waals surface area (Å²) in [6.45, 7) is 3.64. The molecule has 0 fully saturated rings. The first-order valence-electron chi connectivity index (χ1n) is 4.86. The number of hydrogen-bond acceptors (Lipinski definition) is 2. The van der Waals surface area contributed by atoms with E-state index in [2.05, 4.69) is 5.32 Å². The molecule has 0 radical (unpaired) electrons. The molecule has 5 heteroatoms. The molecule has 0 heterocycles. The highest BCUT2D eigenvalue weighted by atomic mass is 19.2. The van der Waals surface area contributed by atoms with Crippen molar-refractivity contribution in [3.8, 4) is 0 Å². The van der Waals surface area contributed by atoms with Gasteiger partial charge in [0.05, 0.1) is 5.60 Å². The SMILES string of the molecule is CC(C)(O)CNCc1cc(F)c(F)c(F)c1. The molecule has 2 nitrogen and oxygen atoms in total. The van der Waals surface area contributed by atoms with Crippen LogP contribution in [-0.4, -0.2) is 17.3 Å². The van der Waals surface area contributed by atoms with Crippen molar-refractivity contribution in [2.24, 2.45) is 0 Å². The predicted octanol–water partition coefficient (Wildman–Crippen LogP) is 1.96. The number of benzene rings is 1. The van der Waals surface area contributed by atoms with Gasteiger partial charge < -0.3 is 10.4 Å². The highest BCUT2D eigenvalue weighted by Crippen LogP contribution is 2.13. The summed E-state index contributed by atoms with van der Waals surface area (Å²) in [5.41, 5.74) is -0.613. The third kappa shape index (κ3) is 3.83. The number of nitrogens with one attached hydrogen (secondary N) is 1. The van der Waals surface area contributed by atoms with Crippen LogP contribution in [0.25, 0.3) is 0 Å². The van der Waals surface area contributed by atoms with Crippen molar-refractivity contribution in [1.29, 1.82) is 0 Å². The summed E-state index contributed by atoms with van der Waals surface area (Å²) in [7, 11) is 0. The van der Waals surface area contributed by atoms with Crippen LogP contribution in [0.5, 0.6) is 0 Å². The van der Waals surface area contributed by atoms with Crippen molar-refractivity contribution in [2.45, 2.75) is 26.0 Å². The molecule has 0 spiro atoms. The zero-order valence-electron chi connectivity index (χ0n) is 9.15. The number of halogens is 3. The fraction of sp³-hybridized carbons (Fsp3) is 0.455. The lowest BCUT2D eigenvalue weighted by molar-refractivity contribution is 0.0795. The number of hydrogen-bond donors (Lipinski definition) is 2. The molecule has 16 heavy (non-hydrogen) atoms. The van der Waals surface area contributed by atoms with Gasteiger partial charge in [-0.2, -0.15) is 0 Å². The summed E-state index contributed by atoms with van der Waals surface area (Å²) >= 11 is 0. The highest BCUT2D eigenvalue weighted by molar-refractivity contribution is 5.19. The van der Waals surface area contributed by atoms with Gasteiger partial charge in [-0.15, -0.1) is 0 Å². The van der Waals surface area contributed by atoms with E-state index in [0.717, 1.165) is 12.1 Å². The molecule has 2 N–H and O–H groups in total. The second kappa shape index (κ2) is 4.84. The van der Waals surface area contributed by atoms with Gasteiger partial charge in [-0.05, 0) is 31.5 Å². The van der Waals surface area contributed by atoms with Gasteiger partial charge in [0.15, 0.2) is 17.5 Å². The Morgan fingerprint density at radius 1 is 1.19 bits per heavy atom. The molecule has 90 valence electrons. The van der Waals surface area contributed by atoms with Crippen LogP contribution < -0.4 is 5.32 Å². The molecule has 0 aliphatic heterocycles. The topological polar surface area (TPSA) is 32.3 Å². The Labute approximate surface area is 92.1 Å². The van der Waals surface area contributed by atoms with Crippen LogP contribution in [0.1, 0.15) is 19.4 Å². The van der Waals surface area contributed by atoms with E-state index in [0.29, 0.717) is 5.56 Å². The van der Waals surface area contributed by atoms with Gasteiger partial charge in [-0.25, -0.2) is 13.2 Å². The molecule has 0 aliphatic carbocycles. The Morgan fingerprint density at radius 2 is 1.69 bits per heavy atom. The lowest BCUT2D eigenvalue weighted by Gasteiger charge is -2.17. The van der Waals surface area contributed by atoms with E-state index in [1.54, 1.807) is 13.8 Å². The molecule has 1 aromatic carbocycles. The minimum absolute atomic E-state index is 0.165. The van der Waals surface area contributed by atoms with Gasteiger partial charge in [-0.1, -0.05) is 0 Å². The van der Waals surface area contributed by atoms with Crippen molar-refractivity contribution < 1.29 is 18.3 Å². The van der Waals surface area contributed by atoms with Gasteiger partial charge in [0.25, 0.3) is 0 Å². The molecule has 1 aromatic rings. The summed E-state index contributed by atoms with van der Waals surface area (Å²) in [5, 5.41) is 12.2. The average molecular weight is 233 g/mol. The standard InChI is InChI=1S/C11H14F3NO/c1-11(2,16)6-15-5-7-3-8(12)10(14)9(13)4-7/h3-4,15-16H,5-6H2,1-2H3. The van der Waals surface area contributed by atoms with Crippen LogP contribution in [0, 0.1) is 17.5 Å². The number of rotatable bonds is 4. The van der Waals surface area contributed by atoms with Crippen molar-refractivity contribution in [1.82, 2.24) is 5.32 Å².